The molecule has 1 aromatic rings. The van der Waals surface area contributed by atoms with E-state index in [4.69, 9.17) is 0 Å². The molecule has 8 heteroatoms. The minimum atomic E-state index is -3.14. The number of piperidine rings is 1. The van der Waals surface area contributed by atoms with Crippen molar-refractivity contribution in [3.05, 3.63) is 22.4 Å². The van der Waals surface area contributed by atoms with Crippen molar-refractivity contribution in [2.24, 2.45) is 5.92 Å². The molecule has 3 heterocycles. The zero-order valence-corrected chi connectivity index (χ0v) is 17.0. The van der Waals surface area contributed by atoms with Gasteiger partial charge in [0.2, 0.25) is 15.9 Å². The summed E-state index contributed by atoms with van der Waals surface area (Å²) in [4.78, 5) is 16.4. The molecule has 2 aliphatic heterocycles. The predicted octanol–water partition coefficient (Wildman–Crippen LogP) is 2.06. The van der Waals surface area contributed by atoms with E-state index < -0.39 is 10.0 Å². The summed E-state index contributed by atoms with van der Waals surface area (Å²) in [6.45, 7) is 5.38. The third-order valence-electron chi connectivity index (χ3n) is 5.51. The van der Waals surface area contributed by atoms with Crippen molar-refractivity contribution < 1.29 is 13.2 Å². The van der Waals surface area contributed by atoms with Crippen molar-refractivity contribution in [1.82, 2.24) is 14.5 Å². The lowest BCUT2D eigenvalue weighted by atomic mass is 9.97. The summed E-state index contributed by atoms with van der Waals surface area (Å²) in [6, 6.07) is 4.46. The number of nitrogens with one attached hydrogen (secondary N) is 1. The Bertz CT molecular complexity index is 677. The van der Waals surface area contributed by atoms with Crippen LogP contribution in [-0.4, -0.2) is 62.0 Å². The van der Waals surface area contributed by atoms with Gasteiger partial charge in [0.05, 0.1) is 11.8 Å². The van der Waals surface area contributed by atoms with Crippen molar-refractivity contribution in [3.63, 3.8) is 0 Å². The Kier molecular flexibility index (Phi) is 6.71. The number of hydrogen-bond donors (Lipinski definition) is 1. The molecule has 0 bridgehead atoms. The largest absolute Gasteiger partial charge is 0.354 e. The Morgan fingerprint density at radius 3 is 2.54 bits per heavy atom. The van der Waals surface area contributed by atoms with Gasteiger partial charge in [0.15, 0.2) is 0 Å². The maximum absolute atomic E-state index is 12.6. The molecular weight excluding hydrogens is 370 g/mol. The predicted molar refractivity (Wildman–Crippen MR) is 105 cm³/mol. The minimum Gasteiger partial charge on any atom is -0.354 e. The highest BCUT2D eigenvalue weighted by Gasteiger charge is 2.31. The van der Waals surface area contributed by atoms with E-state index in [9.17, 15) is 13.2 Å². The number of rotatable bonds is 7. The minimum absolute atomic E-state index is 0.0688. The highest BCUT2D eigenvalue weighted by atomic mass is 32.2. The molecule has 2 aliphatic rings. The number of hydrogen-bond acceptors (Lipinski definition) is 5. The van der Waals surface area contributed by atoms with Crippen LogP contribution in [0.4, 0.5) is 0 Å². The molecule has 6 nitrogen and oxygen atoms in total. The lowest BCUT2D eigenvalue weighted by Gasteiger charge is -2.31. The van der Waals surface area contributed by atoms with E-state index in [1.165, 1.54) is 22.0 Å². The molecule has 1 amide bonds. The summed E-state index contributed by atoms with van der Waals surface area (Å²) in [5.41, 5.74) is 0. The number of carbonyl (C=O) groups excluding carboxylic acids is 1. The molecule has 3 rings (SSSR count). The molecule has 1 atom stereocenters. The number of sulfonamides is 1. The van der Waals surface area contributed by atoms with Crippen molar-refractivity contribution >= 4 is 27.3 Å². The topological polar surface area (TPSA) is 69.7 Å². The summed E-state index contributed by atoms with van der Waals surface area (Å²) in [7, 11) is -3.14. The molecule has 2 saturated heterocycles. The Morgan fingerprint density at radius 2 is 1.96 bits per heavy atom. The van der Waals surface area contributed by atoms with Gasteiger partial charge in [-0.3, -0.25) is 9.69 Å². The van der Waals surface area contributed by atoms with Gasteiger partial charge in [-0.05, 0) is 57.1 Å². The third kappa shape index (κ3) is 4.65. The smallest absolute Gasteiger partial charge is 0.223 e. The molecule has 0 aliphatic carbocycles. The van der Waals surface area contributed by atoms with E-state index in [0.29, 0.717) is 32.5 Å². The third-order valence-corrected chi connectivity index (χ3v) is 8.36. The second kappa shape index (κ2) is 8.82. The summed E-state index contributed by atoms with van der Waals surface area (Å²) >= 11 is 1.74. The lowest BCUT2D eigenvalue weighted by molar-refractivity contribution is -0.126. The van der Waals surface area contributed by atoms with Crippen LogP contribution < -0.4 is 5.32 Å². The molecular formula is C18H29N3O3S2. The van der Waals surface area contributed by atoms with Crippen molar-refractivity contribution in [2.75, 3.05) is 38.5 Å². The van der Waals surface area contributed by atoms with Crippen LogP contribution in [0.25, 0.3) is 0 Å². The highest BCUT2D eigenvalue weighted by Crippen LogP contribution is 2.28. The van der Waals surface area contributed by atoms with Gasteiger partial charge in [0.25, 0.3) is 0 Å². The zero-order valence-electron chi connectivity index (χ0n) is 15.4. The van der Waals surface area contributed by atoms with Gasteiger partial charge < -0.3 is 5.32 Å². The van der Waals surface area contributed by atoms with Gasteiger partial charge >= 0.3 is 0 Å². The fraction of sp³-hybridized carbons (Fsp3) is 0.722. The number of nitrogens with zero attached hydrogens (tertiary/aromatic N) is 2. The Balaban J connectivity index is 1.53. The van der Waals surface area contributed by atoms with Gasteiger partial charge in [0.1, 0.15) is 0 Å². The Labute approximate surface area is 160 Å². The van der Waals surface area contributed by atoms with Gasteiger partial charge in [-0.25, -0.2) is 12.7 Å². The monoisotopic (exact) mass is 399 g/mol. The normalized spacial score (nSPS) is 21.7. The van der Waals surface area contributed by atoms with Crippen LogP contribution in [0.15, 0.2) is 17.5 Å². The first-order valence-corrected chi connectivity index (χ1v) is 12.0. The molecule has 1 aromatic heterocycles. The second-order valence-corrected chi connectivity index (χ2v) is 10.3. The van der Waals surface area contributed by atoms with E-state index in [0.717, 1.165) is 13.1 Å². The Hall–Kier alpha value is -0.960. The average molecular weight is 400 g/mol. The molecule has 146 valence electrons. The van der Waals surface area contributed by atoms with Crippen molar-refractivity contribution in [3.8, 4) is 0 Å². The fourth-order valence-electron chi connectivity index (χ4n) is 3.86. The van der Waals surface area contributed by atoms with Gasteiger partial charge in [-0.15, -0.1) is 11.3 Å². The lowest BCUT2D eigenvalue weighted by Crippen LogP contribution is -2.45. The molecule has 0 saturated carbocycles. The molecule has 2 fully saturated rings. The van der Waals surface area contributed by atoms with Crippen LogP contribution in [0, 0.1) is 5.92 Å². The van der Waals surface area contributed by atoms with Crippen LogP contribution in [0.1, 0.15) is 43.5 Å². The van der Waals surface area contributed by atoms with E-state index in [1.807, 2.05) is 0 Å². The molecule has 0 aromatic carbocycles. The van der Waals surface area contributed by atoms with Gasteiger partial charge in [-0.2, -0.15) is 0 Å². The summed E-state index contributed by atoms with van der Waals surface area (Å²) in [6.07, 6.45) is 3.66. The maximum Gasteiger partial charge on any atom is 0.223 e. The quantitative estimate of drug-likeness (QED) is 0.762. The molecule has 0 spiro atoms. The molecule has 1 unspecified atom stereocenters. The van der Waals surface area contributed by atoms with Crippen LogP contribution in [0.2, 0.25) is 0 Å². The first-order chi connectivity index (χ1) is 12.5. The van der Waals surface area contributed by atoms with E-state index in [2.05, 4.69) is 27.7 Å². The van der Waals surface area contributed by atoms with Crippen molar-refractivity contribution in [1.29, 1.82) is 0 Å². The number of carbonyl (C=O) groups is 1. The number of likely N-dealkylation sites (tertiary alicyclic amines) is 1. The first-order valence-electron chi connectivity index (χ1n) is 9.54. The van der Waals surface area contributed by atoms with E-state index >= 15 is 0 Å². The van der Waals surface area contributed by atoms with Crippen LogP contribution in [-0.2, 0) is 14.8 Å². The van der Waals surface area contributed by atoms with Crippen LogP contribution in [0.3, 0.4) is 0 Å². The zero-order chi connectivity index (χ0) is 18.6. The van der Waals surface area contributed by atoms with Crippen LogP contribution in [0.5, 0.6) is 0 Å². The van der Waals surface area contributed by atoms with Crippen LogP contribution >= 0.6 is 11.3 Å². The number of thiophene rings is 1. The molecule has 26 heavy (non-hydrogen) atoms. The second-order valence-electron chi connectivity index (χ2n) is 7.09. The summed E-state index contributed by atoms with van der Waals surface area (Å²) in [5, 5.41) is 5.23. The summed E-state index contributed by atoms with van der Waals surface area (Å²) < 4.78 is 25.4. The fourth-order valence-corrected chi connectivity index (χ4v) is 5.86. The maximum atomic E-state index is 12.6. The molecule has 1 N–H and O–H groups in total. The standard InChI is InChI=1S/C18H29N3O3S2/c1-2-26(23,24)21-11-7-15(8-12-21)18(22)19-14-16(17-6-5-13-25-17)20-9-3-4-10-20/h5-6,13,15-16H,2-4,7-12,14H2,1H3,(H,19,22). The van der Waals surface area contributed by atoms with E-state index in [-0.39, 0.29) is 23.6 Å². The van der Waals surface area contributed by atoms with Gasteiger partial charge in [-0.1, -0.05) is 6.07 Å². The number of amides is 1. The average Bonchev–Trinajstić information content (AvgIpc) is 3.36. The highest BCUT2D eigenvalue weighted by molar-refractivity contribution is 7.89. The van der Waals surface area contributed by atoms with E-state index in [1.54, 1.807) is 18.3 Å². The summed E-state index contributed by atoms with van der Waals surface area (Å²) in [5.74, 6) is 0.113. The van der Waals surface area contributed by atoms with Crippen molar-refractivity contribution in [2.45, 2.75) is 38.6 Å². The van der Waals surface area contributed by atoms with Gasteiger partial charge in [0, 0.05) is 30.4 Å². The SMILES string of the molecule is CCS(=O)(=O)N1CCC(C(=O)NCC(c2cccs2)N2CCCC2)CC1. The Morgan fingerprint density at radius 1 is 1.27 bits per heavy atom. The molecule has 0 radical (unpaired) electrons. The first kappa shape index (κ1) is 19.8.